The number of hydrogen-bond donors (Lipinski definition) is 3. The van der Waals surface area contributed by atoms with Gasteiger partial charge in [-0.25, -0.2) is 23.5 Å². The van der Waals surface area contributed by atoms with Gasteiger partial charge in [0.25, 0.3) is 18.2 Å². The molecule has 0 aliphatic carbocycles. The Kier molecular flexibility index (Phi) is 9.79. The number of alkyl halides is 2. The van der Waals surface area contributed by atoms with Crippen molar-refractivity contribution in [3.05, 3.63) is 27.2 Å². The quantitative estimate of drug-likeness (QED) is 0.380. The first kappa shape index (κ1) is 28.7. The molecule has 0 radical (unpaired) electrons. The maximum absolute atomic E-state index is 12.9. The molecule has 3 N–H and O–H groups in total. The Morgan fingerprint density at radius 2 is 2.05 bits per heavy atom. The fourth-order valence-corrected chi connectivity index (χ4v) is 5.21. The van der Waals surface area contributed by atoms with Crippen LogP contribution in [0, 0.1) is 0 Å². The van der Waals surface area contributed by atoms with Crippen molar-refractivity contribution in [3.63, 3.8) is 0 Å². The van der Waals surface area contributed by atoms with E-state index in [4.69, 9.17) is 16.3 Å². The Morgan fingerprint density at radius 1 is 1.32 bits per heavy atom. The molecule has 1 fully saturated rings. The molecule has 1 aliphatic heterocycles. The average Bonchev–Trinajstić information content (AvgIpc) is 3.47. The molecule has 2 aromatic rings. The van der Waals surface area contributed by atoms with Crippen LogP contribution in [0.15, 0.2) is 0 Å². The molecular formula is C22H29ClF2N6O5S. The van der Waals surface area contributed by atoms with Crippen LogP contribution in [0.25, 0.3) is 0 Å². The number of aromatic amines is 1. The highest BCUT2D eigenvalue weighted by molar-refractivity contribution is 7.17. The molecule has 0 saturated carbocycles. The number of aromatic carboxylic acids is 1. The van der Waals surface area contributed by atoms with Gasteiger partial charge < -0.3 is 29.9 Å². The normalized spacial score (nSPS) is 17.8. The number of H-pyrrole nitrogens is 1. The zero-order valence-corrected chi connectivity index (χ0v) is 22.2. The summed E-state index contributed by atoms with van der Waals surface area (Å²) < 4.78 is 31.7. The molecule has 2 amide bonds. The highest BCUT2D eigenvalue weighted by Crippen LogP contribution is 2.30. The number of aromatic nitrogens is 3. The zero-order chi connectivity index (χ0) is 27.3. The summed E-state index contributed by atoms with van der Waals surface area (Å²) in [5.74, 6) is -2.57. The number of imidazole rings is 1. The van der Waals surface area contributed by atoms with Gasteiger partial charge in [0.05, 0.1) is 24.4 Å². The van der Waals surface area contributed by atoms with Crippen molar-refractivity contribution in [2.75, 3.05) is 37.7 Å². The van der Waals surface area contributed by atoms with Gasteiger partial charge in [-0.05, 0) is 26.7 Å². The second kappa shape index (κ2) is 12.6. The number of aryl methyl sites for hydroxylation is 1. The summed E-state index contributed by atoms with van der Waals surface area (Å²) in [6.45, 7) is 5.37. The number of carboxylic acids is 1. The number of nitrogens with zero attached hydrogens (tertiary/aromatic N) is 4. The van der Waals surface area contributed by atoms with E-state index in [1.807, 2.05) is 13.8 Å². The number of halogens is 3. The summed E-state index contributed by atoms with van der Waals surface area (Å²) in [5, 5.41) is 13.0. The van der Waals surface area contributed by atoms with Crippen molar-refractivity contribution in [1.82, 2.24) is 25.2 Å². The lowest BCUT2D eigenvalue weighted by Gasteiger charge is -2.38. The van der Waals surface area contributed by atoms with E-state index >= 15 is 0 Å². The molecule has 2 atom stereocenters. The SMILES string of the molecule is CCOC1CN(c2nc(C(=O)N(CC)CC(F)F)c(C(=O)O)s2)CCC1NC(=O)c1nc(Cl)c(CC)[nH]1. The second-order valence-electron chi connectivity index (χ2n) is 8.23. The van der Waals surface area contributed by atoms with E-state index < -0.39 is 36.9 Å². The molecule has 1 aliphatic rings. The van der Waals surface area contributed by atoms with Gasteiger partial charge in [0.1, 0.15) is 4.88 Å². The van der Waals surface area contributed by atoms with Crippen LogP contribution in [-0.4, -0.2) is 94.1 Å². The van der Waals surface area contributed by atoms with Gasteiger partial charge in [-0.15, -0.1) is 0 Å². The minimum absolute atomic E-state index is 0.0206. The first-order valence-electron chi connectivity index (χ1n) is 11.8. The zero-order valence-electron chi connectivity index (χ0n) is 20.6. The monoisotopic (exact) mass is 562 g/mol. The summed E-state index contributed by atoms with van der Waals surface area (Å²) in [7, 11) is 0. The Hall–Kier alpha value is -2.84. The Bertz CT molecular complexity index is 1130. The third-order valence-electron chi connectivity index (χ3n) is 5.86. The van der Waals surface area contributed by atoms with Crippen molar-refractivity contribution < 1.29 is 33.0 Å². The maximum Gasteiger partial charge on any atom is 0.348 e. The summed E-state index contributed by atoms with van der Waals surface area (Å²) in [6, 6.07) is -0.376. The molecule has 204 valence electrons. The molecule has 1 saturated heterocycles. The van der Waals surface area contributed by atoms with E-state index in [-0.39, 0.29) is 45.8 Å². The lowest BCUT2D eigenvalue weighted by atomic mass is 10.0. The van der Waals surface area contributed by atoms with Crippen LogP contribution >= 0.6 is 22.9 Å². The van der Waals surface area contributed by atoms with E-state index in [9.17, 15) is 28.3 Å². The van der Waals surface area contributed by atoms with Gasteiger partial charge in [0, 0.05) is 26.2 Å². The number of carbonyl (C=O) groups excluding carboxylic acids is 2. The summed E-state index contributed by atoms with van der Waals surface area (Å²) in [6.07, 6.45) is -2.21. The van der Waals surface area contributed by atoms with E-state index in [0.717, 1.165) is 16.2 Å². The number of carboxylic acid groups (broad SMARTS) is 1. The number of thiazole rings is 1. The molecule has 11 nitrogen and oxygen atoms in total. The molecule has 37 heavy (non-hydrogen) atoms. The smallest absolute Gasteiger partial charge is 0.348 e. The van der Waals surface area contributed by atoms with Crippen LogP contribution in [0.5, 0.6) is 0 Å². The number of carbonyl (C=O) groups is 3. The molecule has 15 heteroatoms. The minimum atomic E-state index is -2.76. The number of ether oxygens (including phenoxy) is 1. The molecule has 3 heterocycles. The van der Waals surface area contributed by atoms with Crippen molar-refractivity contribution in [3.8, 4) is 0 Å². The highest BCUT2D eigenvalue weighted by atomic mass is 35.5. The molecular weight excluding hydrogens is 534 g/mol. The lowest BCUT2D eigenvalue weighted by molar-refractivity contribution is 0.0271. The summed E-state index contributed by atoms with van der Waals surface area (Å²) in [4.78, 5) is 50.9. The fourth-order valence-electron chi connectivity index (χ4n) is 4.01. The van der Waals surface area contributed by atoms with E-state index in [1.54, 1.807) is 4.90 Å². The molecule has 0 spiro atoms. The number of amides is 2. The number of rotatable bonds is 11. The van der Waals surface area contributed by atoms with Gasteiger partial charge >= 0.3 is 5.97 Å². The van der Waals surface area contributed by atoms with Crippen LogP contribution in [0.3, 0.4) is 0 Å². The second-order valence-corrected chi connectivity index (χ2v) is 9.57. The van der Waals surface area contributed by atoms with Crippen molar-refractivity contribution in [2.24, 2.45) is 0 Å². The average molecular weight is 563 g/mol. The first-order chi connectivity index (χ1) is 17.6. The maximum atomic E-state index is 12.9. The van der Waals surface area contributed by atoms with Crippen molar-refractivity contribution >= 4 is 45.9 Å². The number of piperidine rings is 1. The van der Waals surface area contributed by atoms with Gasteiger partial charge in [-0.1, -0.05) is 29.9 Å². The van der Waals surface area contributed by atoms with Crippen molar-refractivity contribution in [2.45, 2.75) is 52.2 Å². The van der Waals surface area contributed by atoms with Gasteiger partial charge in [0.15, 0.2) is 21.8 Å². The standard InChI is InChI=1S/C22H29ClF2N6O5S/c1-4-11-17(23)29-18(26-11)19(32)27-12-7-8-31(9-13(12)36-6-3)22-28-15(16(37-22)21(34)35)20(33)30(5-2)10-14(24)25/h12-14H,4-10H2,1-3H3,(H,26,29)(H,27,32)(H,34,35). The minimum Gasteiger partial charge on any atom is -0.477 e. The van der Waals surface area contributed by atoms with Gasteiger partial charge in [0.2, 0.25) is 0 Å². The van der Waals surface area contributed by atoms with E-state index in [1.165, 1.54) is 6.92 Å². The molecule has 0 bridgehead atoms. The molecule has 2 aromatic heterocycles. The Balaban J connectivity index is 1.78. The van der Waals surface area contributed by atoms with Gasteiger partial charge in [-0.2, -0.15) is 0 Å². The molecule has 0 aromatic carbocycles. The largest absolute Gasteiger partial charge is 0.477 e. The third-order valence-corrected chi connectivity index (χ3v) is 7.28. The van der Waals surface area contributed by atoms with Crippen LogP contribution in [0.2, 0.25) is 5.15 Å². The Labute approximate surface area is 221 Å². The fraction of sp³-hybridized carbons (Fsp3) is 0.591. The lowest BCUT2D eigenvalue weighted by Crippen LogP contribution is -2.55. The Morgan fingerprint density at radius 3 is 2.62 bits per heavy atom. The summed E-state index contributed by atoms with van der Waals surface area (Å²) >= 11 is 6.84. The van der Waals surface area contributed by atoms with Gasteiger partial charge in [-0.3, -0.25) is 9.59 Å². The van der Waals surface area contributed by atoms with E-state index in [2.05, 4.69) is 20.3 Å². The molecule has 2 unspecified atom stereocenters. The van der Waals surface area contributed by atoms with Crippen LogP contribution in [-0.2, 0) is 11.2 Å². The summed E-state index contributed by atoms with van der Waals surface area (Å²) in [5.41, 5.74) is 0.279. The predicted octanol–water partition coefficient (Wildman–Crippen LogP) is 2.92. The molecule has 3 rings (SSSR count). The number of hydrogen-bond acceptors (Lipinski definition) is 8. The van der Waals surface area contributed by atoms with Crippen LogP contribution in [0.1, 0.15) is 63.7 Å². The number of nitrogens with one attached hydrogen (secondary N) is 2. The predicted molar refractivity (Wildman–Crippen MR) is 133 cm³/mol. The first-order valence-corrected chi connectivity index (χ1v) is 13.0. The highest BCUT2D eigenvalue weighted by Gasteiger charge is 2.35. The topological polar surface area (TPSA) is 141 Å². The van der Waals surface area contributed by atoms with Crippen LogP contribution in [0.4, 0.5) is 13.9 Å². The third kappa shape index (κ3) is 6.73. The number of anilines is 1. The van der Waals surface area contributed by atoms with Crippen molar-refractivity contribution in [1.29, 1.82) is 0 Å². The van der Waals surface area contributed by atoms with E-state index in [0.29, 0.717) is 31.7 Å². The van der Waals surface area contributed by atoms with Crippen LogP contribution < -0.4 is 10.2 Å².